The monoisotopic (exact) mass is 500 g/mol. The largest absolute Gasteiger partial charge is 0.351 e. The number of benzene rings is 1. The van der Waals surface area contributed by atoms with Crippen LogP contribution in [0.25, 0.3) is 16.6 Å². The summed E-state index contributed by atoms with van der Waals surface area (Å²) < 4.78 is 15.6. The summed E-state index contributed by atoms with van der Waals surface area (Å²) >= 11 is 0. The van der Waals surface area contributed by atoms with Crippen LogP contribution in [0.4, 0.5) is 16.2 Å². The number of nitrogens with zero attached hydrogens (tertiary/aromatic N) is 9. The lowest BCUT2D eigenvalue weighted by atomic mass is 10.2. The lowest BCUT2D eigenvalue weighted by molar-refractivity contribution is 0.628. The summed E-state index contributed by atoms with van der Waals surface area (Å²) in [6, 6.07) is 10.00. The summed E-state index contributed by atoms with van der Waals surface area (Å²) in [5, 5.41) is 8.65. The van der Waals surface area contributed by atoms with Crippen molar-refractivity contribution < 1.29 is 4.39 Å². The van der Waals surface area contributed by atoms with E-state index in [0.717, 1.165) is 60.2 Å². The van der Waals surface area contributed by atoms with Crippen LogP contribution in [0, 0.1) is 5.82 Å². The molecule has 5 heterocycles. The number of rotatable bonds is 4. The molecule has 1 unspecified atom stereocenters. The molecule has 190 valence electrons. The van der Waals surface area contributed by atoms with Gasteiger partial charge in [-0.15, -0.1) is 0 Å². The molecule has 37 heavy (non-hydrogen) atoms. The van der Waals surface area contributed by atoms with E-state index in [2.05, 4.69) is 41.0 Å². The van der Waals surface area contributed by atoms with Crippen LogP contribution < -0.4 is 15.5 Å². The molecule has 2 N–H and O–H groups in total. The number of nitrogens with two attached hydrogens (primary N) is 1. The number of hydrogen-bond donors (Lipinski definition) is 1. The zero-order valence-corrected chi connectivity index (χ0v) is 20.8. The summed E-state index contributed by atoms with van der Waals surface area (Å²) in [5.74, 6) is 1.50. The van der Waals surface area contributed by atoms with Crippen molar-refractivity contribution in [3.63, 3.8) is 0 Å². The van der Waals surface area contributed by atoms with Crippen molar-refractivity contribution in [2.45, 2.75) is 13.0 Å². The van der Waals surface area contributed by atoms with Gasteiger partial charge in [-0.2, -0.15) is 10.2 Å². The molecule has 11 heteroatoms. The highest BCUT2D eigenvalue weighted by Gasteiger charge is 2.22. The Morgan fingerprint density at radius 3 is 2.16 bits per heavy atom. The minimum absolute atomic E-state index is 0.0605. The molecule has 5 aromatic rings. The molecule has 1 saturated heterocycles. The molecule has 10 nitrogen and oxygen atoms in total. The second kappa shape index (κ2) is 10.7. The van der Waals surface area contributed by atoms with Crippen LogP contribution in [0.5, 0.6) is 0 Å². The van der Waals surface area contributed by atoms with Gasteiger partial charge in [0.05, 0.1) is 6.20 Å². The second-order valence-electron chi connectivity index (χ2n) is 8.92. The van der Waals surface area contributed by atoms with E-state index < -0.39 is 0 Å². The fourth-order valence-corrected chi connectivity index (χ4v) is 4.15. The van der Waals surface area contributed by atoms with E-state index in [1.165, 1.54) is 12.1 Å². The molecule has 1 aromatic carbocycles. The first kappa shape index (κ1) is 24.3. The fourth-order valence-electron chi connectivity index (χ4n) is 4.15. The highest BCUT2D eigenvalue weighted by Crippen LogP contribution is 2.27. The molecular weight excluding hydrogens is 471 g/mol. The van der Waals surface area contributed by atoms with Crippen LogP contribution in [-0.2, 0) is 7.05 Å². The summed E-state index contributed by atoms with van der Waals surface area (Å²) in [6.07, 6.45) is 11.1. The predicted molar refractivity (Wildman–Crippen MR) is 141 cm³/mol. The van der Waals surface area contributed by atoms with Crippen LogP contribution in [0.1, 0.15) is 18.5 Å². The topological polar surface area (TPSA) is 106 Å². The SMILES string of the molecule is CC(N)c1cnc(N2CCN(c3ncnn4cc(-c5cnn(C)c5)cc34)CC2)nc1.Fc1ccccc1. The van der Waals surface area contributed by atoms with Crippen LogP contribution in [0.3, 0.4) is 0 Å². The zero-order chi connectivity index (χ0) is 25.8. The molecule has 1 aliphatic rings. The van der Waals surface area contributed by atoms with Crippen molar-refractivity contribution in [3.05, 3.63) is 85.1 Å². The molecule has 0 aliphatic carbocycles. The second-order valence-corrected chi connectivity index (χ2v) is 8.92. The van der Waals surface area contributed by atoms with E-state index in [0.29, 0.717) is 0 Å². The van der Waals surface area contributed by atoms with E-state index >= 15 is 0 Å². The molecule has 0 saturated carbocycles. The number of halogens is 1. The average molecular weight is 501 g/mol. The van der Waals surface area contributed by atoms with Gasteiger partial charge in [-0.05, 0) is 25.1 Å². The van der Waals surface area contributed by atoms with Gasteiger partial charge in [0, 0.05) is 80.7 Å². The number of aryl methyl sites for hydroxylation is 1. The number of anilines is 2. The molecule has 0 spiro atoms. The maximum atomic E-state index is 11.9. The fraction of sp³-hybridized carbons (Fsp3) is 0.269. The van der Waals surface area contributed by atoms with E-state index in [1.54, 1.807) is 29.2 Å². The third kappa shape index (κ3) is 5.56. The average Bonchev–Trinajstić information content (AvgIpc) is 3.56. The van der Waals surface area contributed by atoms with Crippen LogP contribution in [0.2, 0.25) is 0 Å². The van der Waals surface area contributed by atoms with Gasteiger partial charge in [0.2, 0.25) is 5.95 Å². The Morgan fingerprint density at radius 2 is 1.57 bits per heavy atom. The van der Waals surface area contributed by atoms with E-state index in [-0.39, 0.29) is 11.9 Å². The Bertz CT molecular complexity index is 1440. The number of aromatic nitrogens is 7. The molecule has 1 aliphatic heterocycles. The summed E-state index contributed by atoms with van der Waals surface area (Å²) in [5.41, 5.74) is 9.96. The highest BCUT2D eigenvalue weighted by atomic mass is 19.1. The number of piperazine rings is 1. The van der Waals surface area contributed by atoms with Gasteiger partial charge in [0.25, 0.3) is 0 Å². The Labute approximate surface area is 214 Å². The summed E-state index contributed by atoms with van der Waals surface area (Å²) in [6.45, 7) is 5.24. The first-order chi connectivity index (χ1) is 18.0. The molecular formula is C26H29FN10. The summed E-state index contributed by atoms with van der Waals surface area (Å²) in [7, 11) is 1.91. The van der Waals surface area contributed by atoms with Crippen molar-refractivity contribution in [2.75, 3.05) is 36.0 Å². The van der Waals surface area contributed by atoms with Gasteiger partial charge in [0.1, 0.15) is 17.7 Å². The molecule has 0 amide bonds. The first-order valence-corrected chi connectivity index (χ1v) is 12.1. The molecule has 4 aromatic heterocycles. The Morgan fingerprint density at radius 1 is 0.865 bits per heavy atom. The lowest BCUT2D eigenvalue weighted by Crippen LogP contribution is -2.47. The minimum atomic E-state index is -0.178. The Hall–Kier alpha value is -4.38. The van der Waals surface area contributed by atoms with Crippen molar-refractivity contribution in [1.29, 1.82) is 0 Å². The van der Waals surface area contributed by atoms with Crippen LogP contribution >= 0.6 is 0 Å². The maximum absolute atomic E-state index is 11.9. The number of fused-ring (bicyclic) bond motifs is 1. The van der Waals surface area contributed by atoms with Gasteiger partial charge < -0.3 is 15.5 Å². The number of hydrogen-bond acceptors (Lipinski definition) is 8. The minimum Gasteiger partial charge on any atom is -0.351 e. The molecule has 1 atom stereocenters. The highest BCUT2D eigenvalue weighted by molar-refractivity contribution is 5.77. The van der Waals surface area contributed by atoms with Crippen molar-refractivity contribution >= 4 is 17.3 Å². The molecule has 0 bridgehead atoms. The van der Waals surface area contributed by atoms with Crippen LogP contribution in [-0.4, -0.2) is 60.5 Å². The lowest BCUT2D eigenvalue weighted by Gasteiger charge is -2.35. The van der Waals surface area contributed by atoms with Crippen molar-refractivity contribution in [3.8, 4) is 11.1 Å². The molecule has 6 rings (SSSR count). The first-order valence-electron chi connectivity index (χ1n) is 12.1. The van der Waals surface area contributed by atoms with Gasteiger partial charge in [-0.1, -0.05) is 18.2 Å². The van der Waals surface area contributed by atoms with E-state index in [9.17, 15) is 4.39 Å². The van der Waals surface area contributed by atoms with Gasteiger partial charge in [0.15, 0.2) is 5.82 Å². The molecule has 0 radical (unpaired) electrons. The van der Waals surface area contributed by atoms with Gasteiger partial charge in [-0.3, -0.25) is 4.68 Å². The van der Waals surface area contributed by atoms with E-state index in [4.69, 9.17) is 5.73 Å². The van der Waals surface area contributed by atoms with Crippen LogP contribution in [0.15, 0.2) is 73.7 Å². The Balaban J connectivity index is 0.000000348. The van der Waals surface area contributed by atoms with Crippen molar-refractivity contribution in [1.82, 2.24) is 34.3 Å². The van der Waals surface area contributed by atoms with E-state index in [1.807, 2.05) is 49.5 Å². The summed E-state index contributed by atoms with van der Waals surface area (Å²) in [4.78, 5) is 18.0. The normalized spacial score (nSPS) is 14.4. The standard InChI is InChI=1S/C20H24N10.C6H5F/c1-14(21)16-8-22-20(23-9-16)29-5-3-28(4-6-29)19-18-7-15(12-30(18)26-13-24-19)17-10-25-27(2)11-17;7-6-4-2-1-3-5-6/h7-14H,3-6,21H2,1-2H3;1-5H. The predicted octanol–water partition coefficient (Wildman–Crippen LogP) is 3.09. The quantitative estimate of drug-likeness (QED) is 0.401. The Kier molecular flexibility index (Phi) is 7.04. The third-order valence-electron chi connectivity index (χ3n) is 6.20. The molecule has 1 fully saturated rings. The van der Waals surface area contributed by atoms with Gasteiger partial charge >= 0.3 is 0 Å². The third-order valence-corrected chi connectivity index (χ3v) is 6.20. The van der Waals surface area contributed by atoms with Crippen molar-refractivity contribution in [2.24, 2.45) is 12.8 Å². The smallest absolute Gasteiger partial charge is 0.225 e. The maximum Gasteiger partial charge on any atom is 0.225 e. The van der Waals surface area contributed by atoms with Gasteiger partial charge in [-0.25, -0.2) is 23.9 Å². The zero-order valence-electron chi connectivity index (χ0n) is 20.8.